The van der Waals surface area contributed by atoms with Gasteiger partial charge in [-0.2, -0.15) is 5.10 Å². The molecule has 0 saturated carbocycles. The Morgan fingerprint density at radius 1 is 1.08 bits per heavy atom. The highest BCUT2D eigenvalue weighted by molar-refractivity contribution is 5.96. The van der Waals surface area contributed by atoms with Crippen molar-refractivity contribution in [1.29, 1.82) is 0 Å². The number of imidazole rings is 1. The Morgan fingerprint density at radius 3 is 2.56 bits per heavy atom. The molecule has 0 bridgehead atoms. The lowest BCUT2D eigenvalue weighted by Crippen LogP contribution is -2.24. The zero-order valence-corrected chi connectivity index (χ0v) is 23.2. The van der Waals surface area contributed by atoms with Crippen LogP contribution in [0.1, 0.15) is 66.5 Å². The van der Waals surface area contributed by atoms with E-state index in [0.717, 1.165) is 22.5 Å². The van der Waals surface area contributed by atoms with Crippen molar-refractivity contribution in [2.45, 2.75) is 60.1 Å². The molecule has 0 aliphatic carbocycles. The van der Waals surface area contributed by atoms with Crippen molar-refractivity contribution in [2.75, 3.05) is 5.32 Å². The van der Waals surface area contributed by atoms with Gasteiger partial charge in [0, 0.05) is 16.8 Å². The summed E-state index contributed by atoms with van der Waals surface area (Å²) in [6.07, 6.45) is 1.83. The maximum Gasteiger partial charge on any atom is 0.340 e. The minimum atomic E-state index is -0.618. The molecule has 5 aromatic rings. The number of esters is 1. The summed E-state index contributed by atoms with van der Waals surface area (Å²) in [5, 5.41) is 8.59. The fourth-order valence-electron chi connectivity index (χ4n) is 4.69. The van der Waals surface area contributed by atoms with Gasteiger partial charge in [0.2, 0.25) is 0 Å². The van der Waals surface area contributed by atoms with Crippen LogP contribution in [-0.4, -0.2) is 26.2 Å². The van der Waals surface area contributed by atoms with Gasteiger partial charge >= 0.3 is 5.97 Å². The van der Waals surface area contributed by atoms with Crippen LogP contribution in [0.25, 0.3) is 28.1 Å². The van der Waals surface area contributed by atoms with Crippen LogP contribution in [-0.2, 0) is 4.74 Å². The van der Waals surface area contributed by atoms with E-state index >= 15 is 0 Å². The minimum absolute atomic E-state index is 0.110. The lowest BCUT2D eigenvalue weighted by atomic mass is 9.99. The van der Waals surface area contributed by atoms with Gasteiger partial charge in [0.15, 0.2) is 16.8 Å². The molecule has 0 fully saturated rings. The number of fused-ring (bicyclic) bond motifs is 2. The average molecular weight is 525 g/mol. The predicted octanol–water partition coefficient (Wildman–Crippen LogP) is 6.56. The highest BCUT2D eigenvalue weighted by Crippen LogP contribution is 2.32. The van der Waals surface area contributed by atoms with Gasteiger partial charge in [-0.15, -0.1) is 0 Å². The van der Waals surface area contributed by atoms with Crippen LogP contribution in [0, 0.1) is 20.8 Å². The van der Waals surface area contributed by atoms with Gasteiger partial charge < -0.3 is 14.5 Å². The molecule has 0 spiro atoms. The second-order valence-corrected chi connectivity index (χ2v) is 10.9. The molecule has 0 saturated heterocycles. The van der Waals surface area contributed by atoms with Gasteiger partial charge in [-0.1, -0.05) is 18.2 Å². The van der Waals surface area contributed by atoms with Gasteiger partial charge in [0.1, 0.15) is 16.9 Å². The number of carbonyl (C=O) groups is 1. The van der Waals surface area contributed by atoms with Crippen molar-refractivity contribution in [3.8, 4) is 11.5 Å². The molecule has 8 nitrogen and oxygen atoms in total. The second kappa shape index (κ2) is 9.69. The second-order valence-electron chi connectivity index (χ2n) is 10.9. The Bertz CT molecular complexity index is 1790. The third-order valence-corrected chi connectivity index (χ3v) is 6.45. The molecule has 0 aliphatic heterocycles. The smallest absolute Gasteiger partial charge is 0.340 e. The van der Waals surface area contributed by atoms with Crippen LogP contribution in [0.15, 0.2) is 63.9 Å². The molecule has 0 aliphatic rings. The summed E-state index contributed by atoms with van der Waals surface area (Å²) in [6, 6.07) is 14.4. The van der Waals surface area contributed by atoms with E-state index in [2.05, 4.69) is 15.4 Å². The first-order valence-corrected chi connectivity index (χ1v) is 12.9. The number of nitrogens with zero attached hydrogens (tertiary/aromatic N) is 3. The highest BCUT2D eigenvalue weighted by Gasteiger charge is 2.23. The third-order valence-electron chi connectivity index (χ3n) is 6.45. The lowest BCUT2D eigenvalue weighted by molar-refractivity contribution is 0.00706. The largest absolute Gasteiger partial charge is 0.456 e. The molecule has 1 unspecified atom stereocenters. The Hall–Kier alpha value is -4.46. The number of nitrogens with one attached hydrogen (secondary N) is 1. The number of ether oxygens (including phenoxy) is 1. The van der Waals surface area contributed by atoms with Gasteiger partial charge in [0.05, 0.1) is 28.9 Å². The summed E-state index contributed by atoms with van der Waals surface area (Å²) in [5.74, 6) is -0.000223. The number of rotatable bonds is 5. The average Bonchev–Trinajstić information content (AvgIpc) is 3.24. The molecular weight excluding hydrogens is 492 g/mol. The van der Waals surface area contributed by atoms with Crippen molar-refractivity contribution in [2.24, 2.45) is 0 Å². The van der Waals surface area contributed by atoms with Crippen LogP contribution < -0.4 is 10.7 Å². The number of aryl methyl sites for hydroxylation is 2. The molecule has 3 heterocycles. The van der Waals surface area contributed by atoms with E-state index in [-0.39, 0.29) is 11.5 Å². The van der Waals surface area contributed by atoms with Crippen molar-refractivity contribution in [3.63, 3.8) is 0 Å². The lowest BCUT2D eigenvalue weighted by Gasteiger charge is -2.23. The fraction of sp³-hybridized carbons (Fsp3) is 0.290. The molecule has 3 aromatic heterocycles. The molecule has 1 N–H and O–H groups in total. The molecule has 1 atom stereocenters. The topological polar surface area (TPSA) is 98.7 Å². The van der Waals surface area contributed by atoms with Crippen molar-refractivity contribution >= 4 is 28.3 Å². The zero-order valence-electron chi connectivity index (χ0n) is 23.2. The van der Waals surface area contributed by atoms with E-state index in [1.807, 2.05) is 84.1 Å². The van der Waals surface area contributed by atoms with E-state index in [9.17, 15) is 9.59 Å². The Kier molecular flexibility index (Phi) is 6.50. The van der Waals surface area contributed by atoms with E-state index in [1.165, 1.54) is 0 Å². The molecule has 0 amide bonds. The van der Waals surface area contributed by atoms with Crippen molar-refractivity contribution < 1.29 is 13.9 Å². The summed E-state index contributed by atoms with van der Waals surface area (Å²) in [7, 11) is 0. The molecule has 39 heavy (non-hydrogen) atoms. The minimum Gasteiger partial charge on any atom is -0.456 e. The van der Waals surface area contributed by atoms with Crippen LogP contribution >= 0.6 is 0 Å². The van der Waals surface area contributed by atoms with Gasteiger partial charge in [0.25, 0.3) is 0 Å². The molecular formula is C31H32N4O4. The van der Waals surface area contributed by atoms with Crippen LogP contribution in [0.3, 0.4) is 0 Å². The van der Waals surface area contributed by atoms with Gasteiger partial charge in [-0.25, -0.2) is 14.3 Å². The Labute approximate surface area is 226 Å². The molecule has 200 valence electrons. The highest BCUT2D eigenvalue weighted by atomic mass is 16.6. The maximum absolute atomic E-state index is 13.6. The molecule has 2 aromatic carbocycles. The molecule has 5 rings (SSSR count). The van der Waals surface area contributed by atoms with Crippen molar-refractivity contribution in [3.05, 3.63) is 92.9 Å². The summed E-state index contributed by atoms with van der Waals surface area (Å²) in [6.45, 7) is 13.1. The monoisotopic (exact) mass is 524 g/mol. The molecule has 0 radical (unpaired) electrons. The Balaban J connectivity index is 1.61. The summed E-state index contributed by atoms with van der Waals surface area (Å²) in [5.41, 5.74) is 5.13. The first kappa shape index (κ1) is 26.2. The van der Waals surface area contributed by atoms with E-state index in [0.29, 0.717) is 39.2 Å². The zero-order chi connectivity index (χ0) is 28.1. The number of aromatic nitrogens is 3. The summed E-state index contributed by atoms with van der Waals surface area (Å²) in [4.78, 5) is 30.9. The maximum atomic E-state index is 13.6. The fourth-order valence-corrected chi connectivity index (χ4v) is 4.69. The van der Waals surface area contributed by atoms with E-state index in [4.69, 9.17) is 9.15 Å². The van der Waals surface area contributed by atoms with Crippen molar-refractivity contribution in [1.82, 2.24) is 14.6 Å². The van der Waals surface area contributed by atoms with Crippen LogP contribution in [0.5, 0.6) is 0 Å². The number of hydrogen-bond acceptors (Lipinski definition) is 7. The van der Waals surface area contributed by atoms with E-state index in [1.54, 1.807) is 23.6 Å². The first-order chi connectivity index (χ1) is 18.4. The number of carbonyl (C=O) groups excluding carboxylic acids is 1. The number of para-hydroxylation sites is 1. The van der Waals surface area contributed by atoms with Crippen LogP contribution in [0.2, 0.25) is 0 Å². The third kappa shape index (κ3) is 5.14. The number of benzene rings is 2. The number of hydrogen-bond donors (Lipinski definition) is 1. The summed E-state index contributed by atoms with van der Waals surface area (Å²) >= 11 is 0. The van der Waals surface area contributed by atoms with Crippen LogP contribution in [0.4, 0.5) is 5.69 Å². The van der Waals surface area contributed by atoms with E-state index < -0.39 is 11.6 Å². The Morgan fingerprint density at radius 2 is 1.82 bits per heavy atom. The molecule has 8 heteroatoms. The standard InChI is InChI=1S/C31H32N4O4/c1-17-14-22(20(4)33-24-11-9-8-10-21(24)30(37)39-31(5,6)7)29-23(15-17)27(36)19(3)28(38-29)25-12-13-26-32-18(2)16-35(26)34-25/h8-16,20,33H,1-7H3. The normalized spacial score (nSPS) is 12.6. The SMILES string of the molecule is Cc1cc(C(C)Nc2ccccc2C(=O)OC(C)(C)C)c2oc(-c3ccc4nc(C)cn4n3)c(C)c(=O)c2c1. The quantitative estimate of drug-likeness (QED) is 0.260. The van der Waals surface area contributed by atoms with Gasteiger partial charge in [-0.3, -0.25) is 4.79 Å². The van der Waals surface area contributed by atoms with Gasteiger partial charge in [-0.05, 0) is 84.4 Å². The summed E-state index contributed by atoms with van der Waals surface area (Å²) < 4.78 is 13.8. The number of anilines is 1. The predicted molar refractivity (Wildman–Crippen MR) is 152 cm³/mol. The first-order valence-electron chi connectivity index (χ1n) is 12.9.